The number of likely N-dealkylation sites (tertiary alicyclic amines) is 1. The molecule has 0 radical (unpaired) electrons. The molecule has 1 aliphatic carbocycles. The van der Waals surface area contributed by atoms with Gasteiger partial charge >= 0.3 is 0 Å². The van der Waals surface area contributed by atoms with Gasteiger partial charge in [-0.3, -0.25) is 4.79 Å². The molecule has 1 saturated heterocycles. The minimum absolute atomic E-state index is 0.0215. The highest BCUT2D eigenvalue weighted by molar-refractivity contribution is 7.80. The van der Waals surface area contributed by atoms with Crippen molar-refractivity contribution in [3.63, 3.8) is 0 Å². The minimum atomic E-state index is 0.0215. The van der Waals surface area contributed by atoms with Gasteiger partial charge in [-0.2, -0.15) is 0 Å². The minimum Gasteiger partial charge on any atom is -0.392 e. The van der Waals surface area contributed by atoms with Gasteiger partial charge in [0.15, 0.2) is 0 Å². The predicted molar refractivity (Wildman–Crippen MR) is 72.7 cm³/mol. The lowest BCUT2D eigenvalue weighted by atomic mass is 9.87. The fourth-order valence-electron chi connectivity index (χ4n) is 3.08. The molecule has 0 spiro atoms. The van der Waals surface area contributed by atoms with Crippen LogP contribution >= 0.6 is 12.2 Å². The highest BCUT2D eigenvalue weighted by Crippen LogP contribution is 2.28. The molecule has 2 aliphatic rings. The molecule has 0 aromatic carbocycles. The van der Waals surface area contributed by atoms with Crippen molar-refractivity contribution in [1.29, 1.82) is 0 Å². The van der Waals surface area contributed by atoms with E-state index in [4.69, 9.17) is 18.0 Å². The lowest BCUT2D eigenvalue weighted by molar-refractivity contribution is -0.138. The van der Waals surface area contributed by atoms with E-state index in [1.54, 1.807) is 0 Å². The maximum atomic E-state index is 12.5. The number of rotatable bonds is 2. The van der Waals surface area contributed by atoms with E-state index >= 15 is 0 Å². The van der Waals surface area contributed by atoms with Crippen molar-refractivity contribution in [3.05, 3.63) is 0 Å². The van der Waals surface area contributed by atoms with E-state index in [9.17, 15) is 4.79 Å². The summed E-state index contributed by atoms with van der Waals surface area (Å²) in [5.41, 5.74) is 5.76. The molecule has 2 rings (SSSR count). The van der Waals surface area contributed by atoms with Gasteiger partial charge in [0.05, 0.1) is 11.0 Å². The van der Waals surface area contributed by atoms with Crippen molar-refractivity contribution in [3.8, 4) is 0 Å². The highest BCUT2D eigenvalue weighted by Gasteiger charge is 2.33. The Morgan fingerprint density at radius 1 is 1.06 bits per heavy atom. The third kappa shape index (κ3) is 2.97. The lowest BCUT2D eigenvalue weighted by Crippen LogP contribution is -2.51. The number of piperidine rings is 1. The summed E-state index contributed by atoms with van der Waals surface area (Å²) >= 11 is 5.10. The number of nitrogens with two attached hydrogens (primary N) is 1. The Balaban J connectivity index is 2.02. The summed E-state index contributed by atoms with van der Waals surface area (Å²) in [5, 5.41) is 0. The molecular formula is C13H22N2OS. The van der Waals surface area contributed by atoms with Gasteiger partial charge in [-0.15, -0.1) is 0 Å². The fraction of sp³-hybridized carbons (Fsp3) is 0.846. The number of carbonyl (C=O) groups excluding carboxylic acids is 1. The molecule has 1 saturated carbocycles. The zero-order valence-electron chi connectivity index (χ0n) is 10.4. The summed E-state index contributed by atoms with van der Waals surface area (Å²) in [7, 11) is 0. The number of thiocarbonyl (C=S) groups is 1. The zero-order valence-corrected chi connectivity index (χ0v) is 11.2. The van der Waals surface area contributed by atoms with Crippen LogP contribution in [0.4, 0.5) is 0 Å². The summed E-state index contributed by atoms with van der Waals surface area (Å²) in [6.07, 6.45) is 8.97. The Morgan fingerprint density at radius 3 is 2.35 bits per heavy atom. The van der Waals surface area contributed by atoms with E-state index in [1.807, 2.05) is 4.90 Å². The van der Waals surface area contributed by atoms with Gasteiger partial charge in [0.25, 0.3) is 0 Å². The first-order chi connectivity index (χ1) is 8.20. The van der Waals surface area contributed by atoms with Crippen molar-refractivity contribution in [2.45, 2.75) is 57.4 Å². The third-order valence-electron chi connectivity index (χ3n) is 4.07. The Labute approximate surface area is 109 Å². The lowest BCUT2D eigenvalue weighted by Gasteiger charge is -2.38. The SMILES string of the molecule is NC(=S)C1CCCCN1C(=O)C1CCCCC1. The molecule has 4 heteroatoms. The van der Waals surface area contributed by atoms with Gasteiger partial charge in [-0.1, -0.05) is 31.5 Å². The molecule has 2 N–H and O–H groups in total. The smallest absolute Gasteiger partial charge is 0.226 e. The van der Waals surface area contributed by atoms with Crippen LogP contribution in [-0.4, -0.2) is 28.4 Å². The predicted octanol–water partition coefficient (Wildman–Crippen LogP) is 2.23. The Kier molecular flexibility index (Phi) is 4.37. The molecule has 1 amide bonds. The highest BCUT2D eigenvalue weighted by atomic mass is 32.1. The van der Waals surface area contributed by atoms with Gasteiger partial charge in [-0.25, -0.2) is 0 Å². The molecule has 3 nitrogen and oxygen atoms in total. The summed E-state index contributed by atoms with van der Waals surface area (Å²) in [4.78, 5) is 14.9. The maximum absolute atomic E-state index is 12.5. The van der Waals surface area contributed by atoms with E-state index in [2.05, 4.69) is 0 Å². The Morgan fingerprint density at radius 2 is 1.71 bits per heavy atom. The maximum Gasteiger partial charge on any atom is 0.226 e. The molecule has 96 valence electrons. The summed E-state index contributed by atoms with van der Waals surface area (Å²) < 4.78 is 0. The van der Waals surface area contributed by atoms with Crippen LogP contribution in [0.3, 0.4) is 0 Å². The monoisotopic (exact) mass is 254 g/mol. The van der Waals surface area contributed by atoms with Crippen molar-refractivity contribution in [2.24, 2.45) is 11.7 Å². The zero-order chi connectivity index (χ0) is 12.3. The normalized spacial score (nSPS) is 26.8. The van der Waals surface area contributed by atoms with Gasteiger partial charge in [0.1, 0.15) is 0 Å². The van der Waals surface area contributed by atoms with Crippen LogP contribution in [0.2, 0.25) is 0 Å². The number of carbonyl (C=O) groups is 1. The van der Waals surface area contributed by atoms with Gasteiger partial charge < -0.3 is 10.6 Å². The van der Waals surface area contributed by atoms with E-state index in [-0.39, 0.29) is 12.0 Å². The quantitative estimate of drug-likeness (QED) is 0.769. The first kappa shape index (κ1) is 12.8. The number of nitrogens with zero attached hydrogens (tertiary/aromatic N) is 1. The molecule has 1 atom stereocenters. The summed E-state index contributed by atoms with van der Waals surface area (Å²) in [6.45, 7) is 0.845. The molecule has 0 aromatic heterocycles. The summed E-state index contributed by atoms with van der Waals surface area (Å²) in [6, 6.07) is 0.0215. The van der Waals surface area contributed by atoms with E-state index < -0.39 is 0 Å². The van der Waals surface area contributed by atoms with Crippen LogP contribution in [0, 0.1) is 5.92 Å². The third-order valence-corrected chi connectivity index (χ3v) is 4.34. The van der Waals surface area contributed by atoms with Gasteiger partial charge in [0, 0.05) is 12.5 Å². The van der Waals surface area contributed by atoms with Crippen LogP contribution in [0.15, 0.2) is 0 Å². The van der Waals surface area contributed by atoms with Crippen LogP contribution < -0.4 is 5.73 Å². The Bertz CT molecular complexity index is 300. The van der Waals surface area contributed by atoms with Crippen LogP contribution in [0.1, 0.15) is 51.4 Å². The van der Waals surface area contributed by atoms with Crippen molar-refractivity contribution < 1.29 is 4.79 Å². The second-order valence-corrected chi connectivity index (χ2v) is 5.75. The van der Waals surface area contributed by atoms with E-state index in [1.165, 1.54) is 19.3 Å². The van der Waals surface area contributed by atoms with E-state index in [0.29, 0.717) is 10.9 Å². The average molecular weight is 254 g/mol. The number of hydrogen-bond donors (Lipinski definition) is 1. The van der Waals surface area contributed by atoms with E-state index in [0.717, 1.165) is 38.6 Å². The molecule has 1 heterocycles. The second-order valence-electron chi connectivity index (χ2n) is 5.28. The van der Waals surface area contributed by atoms with Gasteiger partial charge in [0.2, 0.25) is 5.91 Å². The largest absolute Gasteiger partial charge is 0.392 e. The van der Waals surface area contributed by atoms with Crippen LogP contribution in [0.25, 0.3) is 0 Å². The molecule has 2 fully saturated rings. The van der Waals surface area contributed by atoms with Crippen molar-refractivity contribution in [2.75, 3.05) is 6.54 Å². The number of amides is 1. The van der Waals surface area contributed by atoms with Crippen molar-refractivity contribution in [1.82, 2.24) is 4.90 Å². The Hall–Kier alpha value is -0.640. The summed E-state index contributed by atoms with van der Waals surface area (Å²) in [5.74, 6) is 0.543. The standard InChI is InChI=1S/C13H22N2OS/c14-12(17)11-8-4-5-9-15(11)13(16)10-6-2-1-3-7-10/h10-11H,1-9H2,(H2,14,17). The van der Waals surface area contributed by atoms with Crippen LogP contribution in [-0.2, 0) is 4.79 Å². The first-order valence-electron chi connectivity index (χ1n) is 6.80. The fourth-order valence-corrected chi connectivity index (χ4v) is 3.32. The molecule has 1 unspecified atom stereocenters. The molecular weight excluding hydrogens is 232 g/mol. The molecule has 0 bridgehead atoms. The molecule has 0 aromatic rings. The first-order valence-corrected chi connectivity index (χ1v) is 7.21. The number of hydrogen-bond acceptors (Lipinski definition) is 2. The van der Waals surface area contributed by atoms with Gasteiger partial charge in [-0.05, 0) is 32.1 Å². The topological polar surface area (TPSA) is 46.3 Å². The second kappa shape index (κ2) is 5.80. The van der Waals surface area contributed by atoms with Crippen molar-refractivity contribution >= 4 is 23.1 Å². The average Bonchev–Trinajstić information content (AvgIpc) is 2.39. The molecule has 17 heavy (non-hydrogen) atoms. The molecule has 1 aliphatic heterocycles. The van der Waals surface area contributed by atoms with Crippen LogP contribution in [0.5, 0.6) is 0 Å².